The van der Waals surface area contributed by atoms with E-state index in [-0.39, 0.29) is 43.4 Å². The Hall–Kier alpha value is -3.82. The molecule has 0 fully saturated rings. The maximum atomic E-state index is 13.1. The number of amides is 2. The summed E-state index contributed by atoms with van der Waals surface area (Å²) >= 11 is 0. The number of carbonyl (C=O) groups is 2. The van der Waals surface area contributed by atoms with E-state index in [0.717, 1.165) is 5.56 Å². The number of β-amino-alcohol motifs (C(OH)–C–C–N with tert-alkyl or cyclic N) is 1. The summed E-state index contributed by atoms with van der Waals surface area (Å²) in [5, 5.41) is 15.9. The molecule has 0 bridgehead atoms. The molecule has 4 rings (SSSR count). The van der Waals surface area contributed by atoms with Gasteiger partial charge in [-0.2, -0.15) is 0 Å². The van der Waals surface area contributed by atoms with Crippen molar-refractivity contribution >= 4 is 17.5 Å². The van der Waals surface area contributed by atoms with Gasteiger partial charge in [-0.15, -0.1) is 0 Å². The molecule has 0 aliphatic carbocycles. The molecule has 2 amide bonds. The Morgan fingerprint density at radius 3 is 2.56 bits per heavy atom. The number of pyridine rings is 2. The number of ether oxygens (including phenoxy) is 1. The number of fused-ring (bicyclic) bond motifs is 1. The largest absolute Gasteiger partial charge is 0.488 e. The highest BCUT2D eigenvalue weighted by atomic mass is 16.5. The highest BCUT2D eigenvalue weighted by molar-refractivity contribution is 6.04. The standard InChI is InChI=1S/C27H31N5O4/c1-19-18-32(12-13-33)26(34)15-22-14-23(31-27(35)21-6-10-29-11-7-21)2-3-24(22)36-25(19)17-30-16-20-4-8-28-9-5-20/h2-11,14,19,25,30,33H,12-13,15-18H2,1H3,(H,31,35)/t19?,25-/m0/s1. The first-order valence-electron chi connectivity index (χ1n) is 12.0. The van der Waals surface area contributed by atoms with Crippen LogP contribution in [0.4, 0.5) is 5.69 Å². The molecule has 0 spiro atoms. The quantitative estimate of drug-likeness (QED) is 0.444. The number of hydrogen-bond donors (Lipinski definition) is 3. The van der Waals surface area contributed by atoms with Crippen molar-refractivity contribution in [2.24, 2.45) is 5.92 Å². The van der Waals surface area contributed by atoms with Crippen LogP contribution in [-0.4, -0.2) is 64.1 Å². The summed E-state index contributed by atoms with van der Waals surface area (Å²) in [5.74, 6) is 0.270. The number of aliphatic hydroxyl groups is 1. The van der Waals surface area contributed by atoms with Crippen LogP contribution >= 0.6 is 0 Å². The van der Waals surface area contributed by atoms with Crippen molar-refractivity contribution < 1.29 is 19.4 Å². The maximum absolute atomic E-state index is 13.1. The zero-order valence-electron chi connectivity index (χ0n) is 20.3. The van der Waals surface area contributed by atoms with Crippen molar-refractivity contribution in [3.8, 4) is 5.75 Å². The number of aromatic nitrogens is 2. The van der Waals surface area contributed by atoms with Crippen LogP contribution < -0.4 is 15.4 Å². The van der Waals surface area contributed by atoms with Gasteiger partial charge in [-0.25, -0.2) is 0 Å². The van der Waals surface area contributed by atoms with Crippen LogP contribution in [-0.2, 0) is 17.8 Å². The van der Waals surface area contributed by atoms with E-state index >= 15 is 0 Å². The number of hydrogen-bond acceptors (Lipinski definition) is 7. The minimum absolute atomic E-state index is 0.0162. The first-order chi connectivity index (χ1) is 17.5. The zero-order valence-corrected chi connectivity index (χ0v) is 20.3. The van der Waals surface area contributed by atoms with Crippen molar-refractivity contribution in [3.05, 3.63) is 83.9 Å². The number of rotatable bonds is 8. The Labute approximate surface area is 210 Å². The molecular weight excluding hydrogens is 458 g/mol. The van der Waals surface area contributed by atoms with Gasteiger partial charge in [-0.05, 0) is 48.0 Å². The van der Waals surface area contributed by atoms with Crippen molar-refractivity contribution in [1.29, 1.82) is 0 Å². The highest BCUT2D eigenvalue weighted by Gasteiger charge is 2.28. The van der Waals surface area contributed by atoms with E-state index in [1.165, 1.54) is 0 Å². The fourth-order valence-corrected chi connectivity index (χ4v) is 4.18. The van der Waals surface area contributed by atoms with Crippen LogP contribution in [0.15, 0.2) is 67.3 Å². The molecule has 36 heavy (non-hydrogen) atoms. The lowest BCUT2D eigenvalue weighted by molar-refractivity contribution is -0.131. The molecule has 0 saturated heterocycles. The second kappa shape index (κ2) is 12.2. The van der Waals surface area contributed by atoms with E-state index in [1.807, 2.05) is 19.1 Å². The van der Waals surface area contributed by atoms with Gasteiger partial charge in [0.25, 0.3) is 5.91 Å². The average Bonchev–Trinajstić information content (AvgIpc) is 2.93. The number of nitrogens with zero attached hydrogens (tertiary/aromatic N) is 3. The number of anilines is 1. The van der Waals surface area contributed by atoms with Crippen LogP contribution in [0.5, 0.6) is 5.75 Å². The zero-order chi connectivity index (χ0) is 25.3. The monoisotopic (exact) mass is 489 g/mol. The summed E-state index contributed by atoms with van der Waals surface area (Å²) in [5.41, 5.74) is 2.86. The van der Waals surface area contributed by atoms with Crippen LogP contribution in [0.3, 0.4) is 0 Å². The van der Waals surface area contributed by atoms with E-state index < -0.39 is 0 Å². The highest BCUT2D eigenvalue weighted by Crippen LogP contribution is 2.28. The molecule has 3 aromatic rings. The molecule has 0 saturated carbocycles. The van der Waals surface area contributed by atoms with Gasteiger partial charge in [0.15, 0.2) is 0 Å². The molecule has 3 heterocycles. The number of carbonyl (C=O) groups excluding carboxylic acids is 2. The third-order valence-electron chi connectivity index (χ3n) is 6.17. The predicted octanol–water partition coefficient (Wildman–Crippen LogP) is 2.28. The SMILES string of the molecule is CC1CN(CCO)C(=O)Cc2cc(NC(=O)c3ccncc3)ccc2O[C@H]1CNCc1ccncc1. The maximum Gasteiger partial charge on any atom is 0.255 e. The van der Waals surface area contributed by atoms with Gasteiger partial charge >= 0.3 is 0 Å². The number of aliphatic hydroxyl groups excluding tert-OH is 1. The van der Waals surface area contributed by atoms with Crippen LogP contribution in [0.1, 0.15) is 28.4 Å². The number of benzene rings is 1. The molecule has 188 valence electrons. The normalized spacial score (nSPS) is 17.8. The Morgan fingerprint density at radius 1 is 1.11 bits per heavy atom. The Bertz CT molecular complexity index is 1160. The van der Waals surface area contributed by atoms with Crippen molar-refractivity contribution in [3.63, 3.8) is 0 Å². The Kier molecular flexibility index (Phi) is 8.59. The van der Waals surface area contributed by atoms with Gasteiger partial charge < -0.3 is 25.4 Å². The molecule has 2 atom stereocenters. The fraction of sp³-hybridized carbons (Fsp3) is 0.333. The minimum atomic E-state index is -0.263. The molecule has 9 heteroatoms. The second-order valence-corrected chi connectivity index (χ2v) is 8.87. The molecule has 1 aliphatic heterocycles. The Balaban J connectivity index is 1.54. The fourth-order valence-electron chi connectivity index (χ4n) is 4.18. The Morgan fingerprint density at radius 2 is 1.83 bits per heavy atom. The first kappa shape index (κ1) is 25.3. The van der Waals surface area contributed by atoms with Gasteiger partial charge in [-0.3, -0.25) is 19.6 Å². The summed E-state index contributed by atoms with van der Waals surface area (Å²) in [6.07, 6.45) is 6.54. The van der Waals surface area contributed by atoms with E-state index in [4.69, 9.17) is 4.74 Å². The van der Waals surface area contributed by atoms with Gasteiger partial charge in [-0.1, -0.05) is 6.92 Å². The molecule has 2 aromatic heterocycles. The second-order valence-electron chi connectivity index (χ2n) is 8.87. The minimum Gasteiger partial charge on any atom is -0.488 e. The van der Waals surface area contributed by atoms with Gasteiger partial charge in [0.2, 0.25) is 5.91 Å². The van der Waals surface area contributed by atoms with Crippen molar-refractivity contribution in [2.75, 3.05) is 31.6 Å². The van der Waals surface area contributed by atoms with Gasteiger partial charge in [0, 0.05) is 73.7 Å². The van der Waals surface area contributed by atoms with Crippen LogP contribution in [0.25, 0.3) is 0 Å². The predicted molar refractivity (Wildman–Crippen MR) is 136 cm³/mol. The summed E-state index contributed by atoms with van der Waals surface area (Å²) in [7, 11) is 0. The van der Waals surface area contributed by atoms with E-state index in [9.17, 15) is 14.7 Å². The molecular formula is C27H31N5O4. The van der Waals surface area contributed by atoms with E-state index in [2.05, 4.69) is 20.6 Å². The smallest absolute Gasteiger partial charge is 0.255 e. The molecule has 3 N–H and O–H groups in total. The van der Waals surface area contributed by atoms with Crippen molar-refractivity contribution in [1.82, 2.24) is 20.2 Å². The molecule has 1 unspecified atom stereocenters. The summed E-state index contributed by atoms with van der Waals surface area (Å²) in [6, 6.07) is 12.5. The van der Waals surface area contributed by atoms with E-state index in [0.29, 0.717) is 42.2 Å². The topological polar surface area (TPSA) is 117 Å². The first-order valence-corrected chi connectivity index (χ1v) is 12.0. The lowest BCUT2D eigenvalue weighted by Gasteiger charge is -2.29. The summed E-state index contributed by atoms with van der Waals surface area (Å²) in [4.78, 5) is 35.4. The summed E-state index contributed by atoms with van der Waals surface area (Å²) < 4.78 is 6.45. The molecule has 1 aliphatic rings. The third kappa shape index (κ3) is 6.65. The summed E-state index contributed by atoms with van der Waals surface area (Å²) in [6.45, 7) is 3.91. The van der Waals surface area contributed by atoms with E-state index in [1.54, 1.807) is 60.0 Å². The molecule has 1 aromatic carbocycles. The number of nitrogens with one attached hydrogen (secondary N) is 2. The van der Waals surface area contributed by atoms with Crippen molar-refractivity contribution in [2.45, 2.75) is 26.0 Å². The third-order valence-corrected chi connectivity index (χ3v) is 6.17. The lowest BCUT2D eigenvalue weighted by atomic mass is 10.0. The van der Waals surface area contributed by atoms with Crippen LogP contribution in [0, 0.1) is 5.92 Å². The average molecular weight is 490 g/mol. The molecule has 9 nitrogen and oxygen atoms in total. The van der Waals surface area contributed by atoms with Gasteiger partial charge in [0.05, 0.1) is 13.0 Å². The van der Waals surface area contributed by atoms with Crippen LogP contribution in [0.2, 0.25) is 0 Å². The molecule has 0 radical (unpaired) electrons. The lowest BCUT2D eigenvalue weighted by Crippen LogP contribution is -2.43. The van der Waals surface area contributed by atoms with Gasteiger partial charge in [0.1, 0.15) is 11.9 Å².